The minimum Gasteiger partial charge on any atom is -0.396 e. The van der Waals surface area contributed by atoms with Gasteiger partial charge in [0.15, 0.2) is 5.82 Å². The Morgan fingerprint density at radius 1 is 1.47 bits per heavy atom. The van der Waals surface area contributed by atoms with E-state index in [0.717, 1.165) is 25.9 Å². The molecule has 0 aliphatic carbocycles. The van der Waals surface area contributed by atoms with E-state index in [1.54, 1.807) is 25.2 Å². The predicted molar refractivity (Wildman–Crippen MR) is 72.9 cm³/mol. The Balaban J connectivity index is 1.92. The van der Waals surface area contributed by atoms with Gasteiger partial charge >= 0.3 is 0 Å². The highest BCUT2D eigenvalue weighted by molar-refractivity contribution is 5.78. The van der Waals surface area contributed by atoms with Crippen LogP contribution in [0.5, 0.6) is 0 Å². The third-order valence-electron chi connectivity index (χ3n) is 3.71. The molecule has 1 aromatic rings. The van der Waals surface area contributed by atoms with Gasteiger partial charge < -0.3 is 11.1 Å². The molecule has 1 aromatic carbocycles. The van der Waals surface area contributed by atoms with Crippen LogP contribution in [0.2, 0.25) is 0 Å². The minimum atomic E-state index is -0.323. The number of nitrogens with one attached hydrogen (secondary N) is 1. The van der Waals surface area contributed by atoms with Gasteiger partial charge in [-0.25, -0.2) is 4.39 Å². The van der Waals surface area contributed by atoms with Crippen LogP contribution < -0.4 is 11.1 Å². The van der Waals surface area contributed by atoms with Gasteiger partial charge in [-0.05, 0) is 32.0 Å². The second-order valence-corrected chi connectivity index (χ2v) is 4.99. The van der Waals surface area contributed by atoms with Gasteiger partial charge in [0.1, 0.15) is 0 Å². The van der Waals surface area contributed by atoms with Crippen LogP contribution in [0, 0.1) is 11.7 Å². The zero-order valence-electron chi connectivity index (χ0n) is 11.2. The molecular formula is C14H20FN3O. The monoisotopic (exact) mass is 265 g/mol. The van der Waals surface area contributed by atoms with Crippen molar-refractivity contribution in [3.63, 3.8) is 0 Å². The van der Waals surface area contributed by atoms with Gasteiger partial charge in [0.25, 0.3) is 0 Å². The molecule has 0 bridgehead atoms. The number of hydrogen-bond acceptors (Lipinski definition) is 3. The van der Waals surface area contributed by atoms with Crippen LogP contribution in [-0.4, -0.2) is 30.9 Å². The summed E-state index contributed by atoms with van der Waals surface area (Å²) in [6, 6.07) is 5.10. The molecule has 0 spiro atoms. The lowest BCUT2D eigenvalue weighted by Gasteiger charge is -2.31. The molecule has 1 amide bonds. The SMILES string of the molecule is CNC(=O)C1CCN(Cc2cccc(N)c2F)CC1. The number of halogens is 1. The highest BCUT2D eigenvalue weighted by Gasteiger charge is 2.24. The van der Waals surface area contributed by atoms with Gasteiger partial charge in [0.2, 0.25) is 5.91 Å². The first-order valence-corrected chi connectivity index (χ1v) is 6.58. The standard InChI is InChI=1S/C14H20FN3O/c1-17-14(19)10-5-7-18(8-6-10)9-11-3-2-4-12(16)13(11)15/h2-4,10H,5-9,16H2,1H3,(H,17,19). The van der Waals surface area contributed by atoms with E-state index in [-0.39, 0.29) is 23.3 Å². The fraction of sp³-hybridized carbons (Fsp3) is 0.500. The van der Waals surface area contributed by atoms with E-state index in [2.05, 4.69) is 10.2 Å². The summed E-state index contributed by atoms with van der Waals surface area (Å²) in [7, 11) is 1.66. The number of carbonyl (C=O) groups excluding carboxylic acids is 1. The van der Waals surface area contributed by atoms with Crippen LogP contribution in [0.4, 0.5) is 10.1 Å². The third kappa shape index (κ3) is 3.23. The molecule has 4 nitrogen and oxygen atoms in total. The second-order valence-electron chi connectivity index (χ2n) is 4.99. The van der Waals surface area contributed by atoms with Gasteiger partial charge in [-0.1, -0.05) is 12.1 Å². The smallest absolute Gasteiger partial charge is 0.222 e. The lowest BCUT2D eigenvalue weighted by molar-refractivity contribution is -0.125. The molecule has 0 saturated carbocycles. The van der Waals surface area contributed by atoms with Crippen LogP contribution in [0.25, 0.3) is 0 Å². The first-order chi connectivity index (χ1) is 9.11. The summed E-state index contributed by atoms with van der Waals surface area (Å²) in [5, 5.41) is 2.68. The number of benzene rings is 1. The van der Waals surface area contributed by atoms with Crippen molar-refractivity contribution in [2.45, 2.75) is 19.4 Å². The van der Waals surface area contributed by atoms with E-state index in [4.69, 9.17) is 5.73 Å². The summed E-state index contributed by atoms with van der Waals surface area (Å²) >= 11 is 0. The maximum absolute atomic E-state index is 13.8. The number of anilines is 1. The Labute approximate surface area is 112 Å². The number of carbonyl (C=O) groups is 1. The quantitative estimate of drug-likeness (QED) is 0.811. The van der Waals surface area contributed by atoms with Gasteiger partial charge in [-0.15, -0.1) is 0 Å². The van der Waals surface area contributed by atoms with Crippen LogP contribution >= 0.6 is 0 Å². The van der Waals surface area contributed by atoms with Crippen molar-refractivity contribution >= 4 is 11.6 Å². The van der Waals surface area contributed by atoms with Crippen molar-refractivity contribution in [3.05, 3.63) is 29.6 Å². The van der Waals surface area contributed by atoms with Crippen LogP contribution in [0.3, 0.4) is 0 Å². The van der Waals surface area contributed by atoms with Gasteiger partial charge in [0.05, 0.1) is 5.69 Å². The average Bonchev–Trinajstić information content (AvgIpc) is 2.44. The molecule has 1 saturated heterocycles. The maximum Gasteiger partial charge on any atom is 0.222 e. The van der Waals surface area contributed by atoms with E-state index in [9.17, 15) is 9.18 Å². The van der Waals surface area contributed by atoms with Gasteiger partial charge in [-0.2, -0.15) is 0 Å². The van der Waals surface area contributed by atoms with Crippen LogP contribution in [-0.2, 0) is 11.3 Å². The Kier molecular flexibility index (Phi) is 4.37. The zero-order valence-corrected chi connectivity index (χ0v) is 11.2. The van der Waals surface area contributed by atoms with Crippen LogP contribution in [0.15, 0.2) is 18.2 Å². The highest BCUT2D eigenvalue weighted by atomic mass is 19.1. The third-order valence-corrected chi connectivity index (χ3v) is 3.71. The molecule has 0 atom stereocenters. The van der Waals surface area contributed by atoms with Crippen LogP contribution in [0.1, 0.15) is 18.4 Å². The van der Waals surface area contributed by atoms with Gasteiger partial charge in [0, 0.05) is 25.1 Å². The average molecular weight is 265 g/mol. The number of amides is 1. The molecule has 0 aromatic heterocycles. The summed E-state index contributed by atoms with van der Waals surface area (Å²) in [6.07, 6.45) is 1.65. The molecule has 19 heavy (non-hydrogen) atoms. The summed E-state index contributed by atoms with van der Waals surface area (Å²) in [5.41, 5.74) is 6.37. The first kappa shape index (κ1) is 13.8. The van der Waals surface area contributed by atoms with E-state index in [1.165, 1.54) is 0 Å². The molecule has 3 N–H and O–H groups in total. The Morgan fingerprint density at radius 2 is 2.16 bits per heavy atom. The Bertz CT molecular complexity index is 456. The minimum absolute atomic E-state index is 0.0898. The van der Waals surface area contributed by atoms with Crippen molar-refractivity contribution in [2.75, 3.05) is 25.9 Å². The fourth-order valence-corrected chi connectivity index (χ4v) is 2.52. The molecule has 5 heteroatoms. The molecule has 1 fully saturated rings. The number of likely N-dealkylation sites (tertiary alicyclic amines) is 1. The molecule has 1 aliphatic rings. The summed E-state index contributed by atoms with van der Waals surface area (Å²) < 4.78 is 13.8. The normalized spacial score (nSPS) is 17.4. The van der Waals surface area contributed by atoms with Crippen molar-refractivity contribution < 1.29 is 9.18 Å². The Hall–Kier alpha value is -1.62. The summed E-state index contributed by atoms with van der Waals surface area (Å²) in [6.45, 7) is 2.18. The lowest BCUT2D eigenvalue weighted by Crippen LogP contribution is -2.39. The molecule has 104 valence electrons. The fourth-order valence-electron chi connectivity index (χ4n) is 2.52. The number of hydrogen-bond donors (Lipinski definition) is 2. The van der Waals surface area contributed by atoms with Crippen molar-refractivity contribution in [1.29, 1.82) is 0 Å². The number of nitrogens with two attached hydrogens (primary N) is 1. The maximum atomic E-state index is 13.8. The van der Waals surface area contributed by atoms with Gasteiger partial charge in [-0.3, -0.25) is 9.69 Å². The molecular weight excluding hydrogens is 245 g/mol. The molecule has 0 radical (unpaired) electrons. The van der Waals surface area contributed by atoms with E-state index >= 15 is 0 Å². The number of nitrogen functional groups attached to an aromatic ring is 1. The second kappa shape index (κ2) is 6.02. The van der Waals surface area contributed by atoms with E-state index in [0.29, 0.717) is 12.1 Å². The number of rotatable bonds is 3. The van der Waals surface area contributed by atoms with E-state index in [1.807, 2.05) is 0 Å². The molecule has 2 rings (SSSR count). The number of piperidine rings is 1. The topological polar surface area (TPSA) is 58.4 Å². The summed E-state index contributed by atoms with van der Waals surface area (Å²) in [4.78, 5) is 13.7. The Morgan fingerprint density at radius 3 is 2.79 bits per heavy atom. The summed E-state index contributed by atoms with van der Waals surface area (Å²) in [5.74, 6) is -0.127. The highest BCUT2D eigenvalue weighted by Crippen LogP contribution is 2.21. The predicted octanol–water partition coefficient (Wildman–Crippen LogP) is 1.37. The van der Waals surface area contributed by atoms with Crippen molar-refractivity contribution in [1.82, 2.24) is 10.2 Å². The molecule has 1 aliphatic heterocycles. The zero-order chi connectivity index (χ0) is 13.8. The molecule has 1 heterocycles. The first-order valence-electron chi connectivity index (χ1n) is 6.58. The molecule has 0 unspecified atom stereocenters. The number of nitrogens with zero attached hydrogens (tertiary/aromatic N) is 1. The van der Waals surface area contributed by atoms with E-state index < -0.39 is 0 Å². The lowest BCUT2D eigenvalue weighted by atomic mass is 9.95. The largest absolute Gasteiger partial charge is 0.396 e. The van der Waals surface area contributed by atoms with Crippen molar-refractivity contribution in [3.8, 4) is 0 Å². The van der Waals surface area contributed by atoms with Crippen molar-refractivity contribution in [2.24, 2.45) is 5.92 Å².